The van der Waals surface area contributed by atoms with Crippen LogP contribution in [0.5, 0.6) is 0 Å². The number of rotatable bonds is 7. The largest absolute Gasteiger partial charge is 0.309 e. The Bertz CT molecular complexity index is 4840. The van der Waals surface area contributed by atoms with Crippen molar-refractivity contribution in [1.29, 1.82) is 0 Å². The van der Waals surface area contributed by atoms with Gasteiger partial charge >= 0.3 is 0 Å². The highest BCUT2D eigenvalue weighted by atomic mass is 19.1. The van der Waals surface area contributed by atoms with E-state index in [1.54, 1.807) is 24.3 Å². The Balaban J connectivity index is 0.835. The van der Waals surface area contributed by atoms with Crippen molar-refractivity contribution in [1.82, 2.24) is 13.7 Å². The van der Waals surface area contributed by atoms with Gasteiger partial charge < -0.3 is 13.7 Å². The first kappa shape index (κ1) is 46.6. The summed E-state index contributed by atoms with van der Waals surface area (Å²) >= 11 is 0. The van der Waals surface area contributed by atoms with Crippen LogP contribution in [-0.2, 0) is 0 Å². The highest BCUT2D eigenvalue weighted by molar-refractivity contribution is 6.21. The molecule has 7 heteroatoms. The number of halogens is 4. The predicted molar refractivity (Wildman–Crippen MR) is 326 cm³/mol. The molecular formula is C74H43F4N3. The van der Waals surface area contributed by atoms with Gasteiger partial charge in [-0.3, -0.25) is 0 Å². The molecule has 0 fully saturated rings. The Morgan fingerprint density at radius 1 is 0.185 bits per heavy atom. The number of benzene rings is 13. The number of hydrogen-bond acceptors (Lipinski definition) is 0. The van der Waals surface area contributed by atoms with Crippen LogP contribution in [-0.4, -0.2) is 13.7 Å². The molecule has 0 radical (unpaired) electrons. The average molecular weight is 1050 g/mol. The van der Waals surface area contributed by atoms with Gasteiger partial charge in [0.05, 0.1) is 33.1 Å². The Labute approximate surface area is 461 Å². The van der Waals surface area contributed by atoms with Gasteiger partial charge in [0.25, 0.3) is 0 Å². The van der Waals surface area contributed by atoms with E-state index in [-0.39, 0.29) is 23.3 Å². The van der Waals surface area contributed by atoms with Crippen LogP contribution in [0.3, 0.4) is 0 Å². The van der Waals surface area contributed by atoms with Gasteiger partial charge in [-0.1, -0.05) is 127 Å². The minimum absolute atomic E-state index is 0.373. The van der Waals surface area contributed by atoms with Crippen LogP contribution in [0.15, 0.2) is 261 Å². The van der Waals surface area contributed by atoms with E-state index in [9.17, 15) is 17.6 Å². The first-order chi connectivity index (χ1) is 39.8. The van der Waals surface area contributed by atoms with Crippen molar-refractivity contribution < 1.29 is 17.6 Å². The van der Waals surface area contributed by atoms with Crippen LogP contribution in [0, 0.1) is 23.3 Å². The summed E-state index contributed by atoms with van der Waals surface area (Å²) < 4.78 is 64.9. The minimum atomic E-state index is -0.373. The van der Waals surface area contributed by atoms with Gasteiger partial charge in [0, 0.05) is 49.4 Å². The summed E-state index contributed by atoms with van der Waals surface area (Å²) in [5, 5.41) is 9.58. The van der Waals surface area contributed by atoms with Crippen molar-refractivity contribution in [3.8, 4) is 61.6 Å². The van der Waals surface area contributed by atoms with Crippen molar-refractivity contribution in [2.24, 2.45) is 0 Å². The van der Waals surface area contributed by atoms with Gasteiger partial charge in [0.1, 0.15) is 23.3 Å². The lowest BCUT2D eigenvalue weighted by atomic mass is 9.86. The molecule has 0 N–H and O–H groups in total. The molecule has 3 aromatic heterocycles. The first-order valence-electron chi connectivity index (χ1n) is 27.0. The summed E-state index contributed by atoms with van der Waals surface area (Å²) in [6.07, 6.45) is 0. The molecule has 382 valence electrons. The zero-order valence-corrected chi connectivity index (χ0v) is 43.2. The smallest absolute Gasteiger partial charge is 0.123 e. The van der Waals surface area contributed by atoms with E-state index < -0.39 is 0 Å². The zero-order chi connectivity index (χ0) is 54.0. The molecule has 0 bridgehead atoms. The molecule has 3 nitrogen and oxygen atoms in total. The lowest BCUT2D eigenvalue weighted by molar-refractivity contribution is 0.628. The second-order valence-electron chi connectivity index (χ2n) is 21.0. The maximum absolute atomic E-state index is 14.6. The highest BCUT2D eigenvalue weighted by Gasteiger charge is 2.21. The zero-order valence-electron chi connectivity index (χ0n) is 43.2. The lowest BCUT2D eigenvalue weighted by Crippen LogP contribution is -1.95. The monoisotopic (exact) mass is 1050 g/mol. The quantitative estimate of drug-likeness (QED) is 0.112. The SMILES string of the molecule is Fc1ccc2c(c1)c1cc(F)ccc1n2-c1ccc(-c2ccc3c(c2)c2cc(-c4ccc(-n5c6ccc(F)cc6c6cc(F)ccc65)cc4)ccc2n3-c2ccc(-c3c4ccccc4c(-c4ccccc4)c4ccccc34)cc2)cc1. The van der Waals surface area contributed by atoms with Crippen LogP contribution in [0.25, 0.3) is 149 Å². The molecule has 0 aliphatic heterocycles. The summed E-state index contributed by atoms with van der Waals surface area (Å²) in [6.45, 7) is 0. The van der Waals surface area contributed by atoms with E-state index in [1.165, 1.54) is 86.8 Å². The number of fused-ring (bicyclic) bond motifs is 11. The normalized spacial score (nSPS) is 12.0. The molecule has 16 aromatic rings. The third-order valence-electron chi connectivity index (χ3n) is 16.5. The van der Waals surface area contributed by atoms with Crippen LogP contribution in [0.1, 0.15) is 0 Å². The van der Waals surface area contributed by atoms with Crippen molar-refractivity contribution in [2.75, 3.05) is 0 Å². The van der Waals surface area contributed by atoms with Crippen molar-refractivity contribution >= 4 is 87.0 Å². The molecule has 0 saturated carbocycles. The Morgan fingerprint density at radius 2 is 0.432 bits per heavy atom. The second kappa shape index (κ2) is 18.0. The second-order valence-corrected chi connectivity index (χ2v) is 21.0. The molecule has 0 atom stereocenters. The molecule has 0 aliphatic rings. The molecule has 0 unspecified atom stereocenters. The van der Waals surface area contributed by atoms with Crippen molar-refractivity contribution in [2.45, 2.75) is 0 Å². The van der Waals surface area contributed by atoms with E-state index in [0.717, 1.165) is 88.8 Å². The van der Waals surface area contributed by atoms with Crippen LogP contribution in [0.2, 0.25) is 0 Å². The fourth-order valence-corrected chi connectivity index (χ4v) is 12.9. The van der Waals surface area contributed by atoms with Crippen molar-refractivity contribution in [3.63, 3.8) is 0 Å². The third kappa shape index (κ3) is 7.35. The maximum Gasteiger partial charge on any atom is 0.123 e. The summed E-state index contributed by atoms with van der Waals surface area (Å²) in [7, 11) is 0. The van der Waals surface area contributed by atoms with Gasteiger partial charge in [-0.25, -0.2) is 17.6 Å². The molecular weight excluding hydrogens is 1010 g/mol. The molecule has 3 heterocycles. The molecule has 81 heavy (non-hydrogen) atoms. The van der Waals surface area contributed by atoms with Crippen molar-refractivity contribution in [3.05, 3.63) is 284 Å². The lowest BCUT2D eigenvalue weighted by Gasteiger charge is -2.18. The molecule has 0 spiro atoms. The summed E-state index contributed by atoms with van der Waals surface area (Å²) in [5.74, 6) is -1.49. The summed E-state index contributed by atoms with van der Waals surface area (Å²) in [6, 6.07) is 85.8. The number of nitrogens with zero attached hydrogens (tertiary/aromatic N) is 3. The molecule has 0 saturated heterocycles. The molecule has 13 aromatic carbocycles. The van der Waals surface area contributed by atoms with Crippen LogP contribution < -0.4 is 0 Å². The molecule has 0 amide bonds. The Morgan fingerprint density at radius 3 is 0.753 bits per heavy atom. The third-order valence-corrected chi connectivity index (χ3v) is 16.5. The average Bonchev–Trinajstić information content (AvgIpc) is 4.28. The summed E-state index contributed by atoms with van der Waals surface area (Å²) in [5.41, 5.74) is 16.9. The first-order valence-corrected chi connectivity index (χ1v) is 27.0. The van der Waals surface area contributed by atoms with Gasteiger partial charge in [-0.05, 0) is 200 Å². The fraction of sp³-hybridized carbons (Fsp3) is 0. The Hall–Kier alpha value is -10.5. The fourth-order valence-electron chi connectivity index (χ4n) is 12.9. The molecule has 16 rings (SSSR count). The van der Waals surface area contributed by atoms with Gasteiger partial charge in [0.2, 0.25) is 0 Å². The van der Waals surface area contributed by atoms with Gasteiger partial charge in [0.15, 0.2) is 0 Å². The standard InChI is InChI=1S/C74H43F4N3/c75-50-22-34-69-63(40-50)64-41-51(76)23-35-70(64)80(69)54-26-14-44(15-27-54)48-20-32-67-61(38-48)62-39-49(45-16-28-55(29-17-45)81-71-36-24-52(77)42-65(71)66-43-53(78)25-37-72(66)81)21-33-68(62)79(67)56-30-18-47(19-31-56)74-59-12-6-4-10-57(59)73(46-8-2-1-3-9-46)58-11-5-7-13-60(58)74/h1-43H. The van der Waals surface area contributed by atoms with Gasteiger partial charge in [-0.15, -0.1) is 0 Å². The van der Waals surface area contributed by atoms with E-state index >= 15 is 0 Å². The predicted octanol–water partition coefficient (Wildman–Crippen LogP) is 20.5. The highest BCUT2D eigenvalue weighted by Crippen LogP contribution is 2.45. The minimum Gasteiger partial charge on any atom is -0.309 e. The summed E-state index contributed by atoms with van der Waals surface area (Å²) in [4.78, 5) is 0. The van der Waals surface area contributed by atoms with Gasteiger partial charge in [-0.2, -0.15) is 0 Å². The van der Waals surface area contributed by atoms with E-state index in [1.807, 2.05) is 0 Å². The maximum atomic E-state index is 14.6. The van der Waals surface area contributed by atoms with Crippen LogP contribution >= 0.6 is 0 Å². The topological polar surface area (TPSA) is 14.8 Å². The van der Waals surface area contributed by atoms with E-state index in [0.29, 0.717) is 21.5 Å². The molecule has 0 aliphatic carbocycles. The van der Waals surface area contributed by atoms with E-state index in [2.05, 4.69) is 202 Å². The van der Waals surface area contributed by atoms with E-state index in [4.69, 9.17) is 0 Å². The Kier molecular flexibility index (Phi) is 10.4. The number of hydrogen-bond donors (Lipinski definition) is 0. The number of aromatic nitrogens is 3. The van der Waals surface area contributed by atoms with Crippen LogP contribution in [0.4, 0.5) is 17.6 Å².